The quantitative estimate of drug-likeness (QED) is 0.755. The van der Waals surface area contributed by atoms with E-state index in [4.69, 9.17) is 4.74 Å². The SMILES string of the molecule is CCOC(=O)C1=C(CN2CCCCCC2)NC(=O)N[C@@H]1c1ccc(F)c(F)c1. The topological polar surface area (TPSA) is 70.7 Å². The molecule has 8 heteroatoms. The molecule has 2 heterocycles. The molecular formula is C20H25F2N3O3. The first-order valence-corrected chi connectivity index (χ1v) is 9.64. The lowest BCUT2D eigenvalue weighted by molar-refractivity contribution is -0.139. The third kappa shape index (κ3) is 4.67. The van der Waals surface area contributed by atoms with E-state index in [0.29, 0.717) is 12.2 Å². The smallest absolute Gasteiger partial charge is 0.338 e. The van der Waals surface area contributed by atoms with Crippen molar-refractivity contribution in [3.63, 3.8) is 0 Å². The molecule has 1 saturated heterocycles. The Kier molecular flexibility index (Phi) is 6.61. The standard InChI is InChI=1S/C20H25F2N3O3/c1-2-28-19(26)17-16(12-25-9-5-3-4-6-10-25)23-20(27)24-18(17)13-7-8-14(21)15(22)11-13/h7-8,11,18H,2-6,9-10,12H2,1H3,(H2,23,24,27)/t18-/m1/s1. The van der Waals surface area contributed by atoms with E-state index in [0.717, 1.165) is 50.9 Å². The van der Waals surface area contributed by atoms with Crippen LogP contribution in [0.25, 0.3) is 0 Å². The van der Waals surface area contributed by atoms with E-state index in [2.05, 4.69) is 15.5 Å². The van der Waals surface area contributed by atoms with Crippen molar-refractivity contribution < 1.29 is 23.1 Å². The normalized spacial score (nSPS) is 21.0. The van der Waals surface area contributed by atoms with Gasteiger partial charge in [0, 0.05) is 12.2 Å². The van der Waals surface area contributed by atoms with E-state index < -0.39 is 29.7 Å². The van der Waals surface area contributed by atoms with Crippen LogP contribution >= 0.6 is 0 Å². The number of benzene rings is 1. The van der Waals surface area contributed by atoms with Gasteiger partial charge in [-0.2, -0.15) is 0 Å². The van der Waals surface area contributed by atoms with Crippen molar-refractivity contribution in [1.82, 2.24) is 15.5 Å². The average molecular weight is 393 g/mol. The van der Waals surface area contributed by atoms with Crippen molar-refractivity contribution in [3.8, 4) is 0 Å². The van der Waals surface area contributed by atoms with Crippen LogP contribution in [0.15, 0.2) is 29.5 Å². The number of halogens is 2. The molecule has 2 aliphatic rings. The largest absolute Gasteiger partial charge is 0.463 e. The van der Waals surface area contributed by atoms with Gasteiger partial charge in [-0.1, -0.05) is 18.9 Å². The summed E-state index contributed by atoms with van der Waals surface area (Å²) in [5.74, 6) is -2.62. The van der Waals surface area contributed by atoms with E-state index in [1.165, 1.54) is 6.07 Å². The van der Waals surface area contributed by atoms with Crippen LogP contribution in [-0.2, 0) is 9.53 Å². The molecule has 1 aromatic carbocycles. The molecule has 2 aliphatic heterocycles. The number of nitrogens with one attached hydrogen (secondary N) is 2. The zero-order valence-electron chi connectivity index (χ0n) is 15.9. The molecular weight excluding hydrogens is 368 g/mol. The molecule has 2 N–H and O–H groups in total. The summed E-state index contributed by atoms with van der Waals surface area (Å²) in [5.41, 5.74) is 0.945. The Bertz CT molecular complexity index is 774. The highest BCUT2D eigenvalue weighted by Crippen LogP contribution is 2.29. The van der Waals surface area contributed by atoms with Gasteiger partial charge in [-0.05, 0) is 50.6 Å². The molecule has 0 aliphatic carbocycles. The maximum absolute atomic E-state index is 13.8. The van der Waals surface area contributed by atoms with E-state index >= 15 is 0 Å². The Labute approximate surface area is 162 Å². The van der Waals surface area contributed by atoms with Crippen LogP contribution in [0.3, 0.4) is 0 Å². The highest BCUT2D eigenvalue weighted by molar-refractivity contribution is 5.95. The number of amides is 2. The Hall–Kier alpha value is -2.48. The number of nitrogens with zero attached hydrogens (tertiary/aromatic N) is 1. The van der Waals surface area contributed by atoms with Gasteiger partial charge in [0.25, 0.3) is 0 Å². The highest BCUT2D eigenvalue weighted by atomic mass is 19.2. The van der Waals surface area contributed by atoms with E-state index in [1.54, 1.807) is 6.92 Å². The van der Waals surface area contributed by atoms with Gasteiger partial charge >= 0.3 is 12.0 Å². The van der Waals surface area contributed by atoms with Gasteiger partial charge in [0.1, 0.15) is 0 Å². The molecule has 0 unspecified atom stereocenters. The minimum absolute atomic E-state index is 0.164. The van der Waals surface area contributed by atoms with E-state index in [1.807, 2.05) is 0 Å². The number of ether oxygens (including phenoxy) is 1. The van der Waals surface area contributed by atoms with E-state index in [-0.39, 0.29) is 17.7 Å². The van der Waals surface area contributed by atoms with Gasteiger partial charge in [0.15, 0.2) is 11.6 Å². The van der Waals surface area contributed by atoms with Crippen molar-refractivity contribution in [3.05, 3.63) is 46.7 Å². The number of hydrogen-bond donors (Lipinski definition) is 2. The van der Waals surface area contributed by atoms with Crippen molar-refractivity contribution in [1.29, 1.82) is 0 Å². The Morgan fingerprint density at radius 3 is 2.54 bits per heavy atom. The van der Waals surface area contributed by atoms with Crippen molar-refractivity contribution >= 4 is 12.0 Å². The predicted molar refractivity (Wildman–Crippen MR) is 99.3 cm³/mol. The van der Waals surface area contributed by atoms with Gasteiger partial charge in [0.2, 0.25) is 0 Å². The number of hydrogen-bond acceptors (Lipinski definition) is 4. The second kappa shape index (κ2) is 9.14. The van der Waals surface area contributed by atoms with Gasteiger partial charge in [0.05, 0.1) is 18.2 Å². The second-order valence-electron chi connectivity index (χ2n) is 7.01. The molecule has 1 fully saturated rings. The monoisotopic (exact) mass is 393 g/mol. The molecule has 28 heavy (non-hydrogen) atoms. The molecule has 0 aromatic heterocycles. The molecule has 152 valence electrons. The molecule has 1 atom stereocenters. The van der Waals surface area contributed by atoms with Crippen LogP contribution in [0.2, 0.25) is 0 Å². The lowest BCUT2D eigenvalue weighted by atomic mass is 9.94. The zero-order chi connectivity index (χ0) is 20.1. The molecule has 0 saturated carbocycles. The number of carbonyl (C=O) groups excluding carboxylic acids is 2. The summed E-state index contributed by atoms with van der Waals surface area (Å²) >= 11 is 0. The highest BCUT2D eigenvalue weighted by Gasteiger charge is 2.34. The van der Waals surface area contributed by atoms with Crippen molar-refractivity contribution in [2.45, 2.75) is 38.6 Å². The van der Waals surface area contributed by atoms with Gasteiger partial charge in [-0.15, -0.1) is 0 Å². The molecule has 0 bridgehead atoms. The predicted octanol–water partition coefficient (Wildman–Crippen LogP) is 3.01. The van der Waals surface area contributed by atoms with Gasteiger partial charge < -0.3 is 15.4 Å². The summed E-state index contributed by atoms with van der Waals surface area (Å²) in [6.45, 7) is 3.99. The van der Waals surface area contributed by atoms with Crippen LogP contribution in [0.1, 0.15) is 44.2 Å². The maximum Gasteiger partial charge on any atom is 0.338 e. The Morgan fingerprint density at radius 1 is 1.18 bits per heavy atom. The fraction of sp³-hybridized carbons (Fsp3) is 0.500. The van der Waals surface area contributed by atoms with E-state index in [9.17, 15) is 18.4 Å². The summed E-state index contributed by atoms with van der Waals surface area (Å²) in [5, 5.41) is 5.35. The third-order valence-corrected chi connectivity index (χ3v) is 5.01. The molecule has 3 rings (SSSR count). The minimum atomic E-state index is -1.04. The zero-order valence-corrected chi connectivity index (χ0v) is 15.9. The average Bonchev–Trinajstić information content (AvgIpc) is 2.92. The maximum atomic E-state index is 13.8. The minimum Gasteiger partial charge on any atom is -0.463 e. The number of carbonyl (C=O) groups is 2. The Balaban J connectivity index is 1.99. The number of likely N-dealkylation sites (tertiary alicyclic amines) is 1. The summed E-state index contributed by atoms with van der Waals surface area (Å²) in [4.78, 5) is 27.1. The second-order valence-corrected chi connectivity index (χ2v) is 7.01. The summed E-state index contributed by atoms with van der Waals surface area (Å²) < 4.78 is 32.3. The molecule has 0 radical (unpaired) electrons. The van der Waals surface area contributed by atoms with Crippen LogP contribution in [0.5, 0.6) is 0 Å². The molecule has 0 spiro atoms. The fourth-order valence-corrected chi connectivity index (χ4v) is 3.65. The van der Waals surface area contributed by atoms with Crippen LogP contribution < -0.4 is 10.6 Å². The Morgan fingerprint density at radius 2 is 1.89 bits per heavy atom. The fourth-order valence-electron chi connectivity index (χ4n) is 3.65. The lowest BCUT2D eigenvalue weighted by Crippen LogP contribution is -2.48. The number of esters is 1. The van der Waals surface area contributed by atoms with Gasteiger partial charge in [-0.25, -0.2) is 18.4 Å². The first kappa shape index (κ1) is 20.3. The molecule has 1 aromatic rings. The van der Waals surface area contributed by atoms with Crippen LogP contribution in [0.4, 0.5) is 13.6 Å². The molecule has 2 amide bonds. The first-order chi connectivity index (χ1) is 13.5. The first-order valence-electron chi connectivity index (χ1n) is 9.64. The summed E-state index contributed by atoms with van der Waals surface area (Å²) in [6.07, 6.45) is 4.43. The summed E-state index contributed by atoms with van der Waals surface area (Å²) in [6, 6.07) is 1.93. The number of urea groups is 1. The number of rotatable bonds is 5. The van der Waals surface area contributed by atoms with Crippen molar-refractivity contribution in [2.75, 3.05) is 26.2 Å². The third-order valence-electron chi connectivity index (χ3n) is 5.01. The van der Waals surface area contributed by atoms with Crippen LogP contribution in [-0.4, -0.2) is 43.1 Å². The van der Waals surface area contributed by atoms with Crippen LogP contribution in [0, 0.1) is 11.6 Å². The van der Waals surface area contributed by atoms with Crippen molar-refractivity contribution in [2.24, 2.45) is 0 Å². The lowest BCUT2D eigenvalue weighted by Gasteiger charge is -2.32. The van der Waals surface area contributed by atoms with Gasteiger partial charge in [-0.3, -0.25) is 4.90 Å². The summed E-state index contributed by atoms with van der Waals surface area (Å²) in [7, 11) is 0. The molecule has 6 nitrogen and oxygen atoms in total.